The van der Waals surface area contributed by atoms with Gasteiger partial charge in [0.1, 0.15) is 0 Å². The van der Waals surface area contributed by atoms with Gasteiger partial charge in [-0.3, -0.25) is 15.2 Å². The summed E-state index contributed by atoms with van der Waals surface area (Å²) in [5.41, 5.74) is 2.94. The molecule has 2 aromatic carbocycles. The van der Waals surface area contributed by atoms with E-state index in [1.807, 2.05) is 36.4 Å². The maximum atomic E-state index is 12.4. The van der Waals surface area contributed by atoms with Crippen LogP contribution in [-0.2, 0) is 0 Å². The number of nitrogens with one attached hydrogen (secondary N) is 3. The standard InChI is InChI=1S/C15H11N5O/c21-14(10-5-3-4-9-8-16-20-13(9)10)19-15-17-11-6-1-2-7-12(11)18-15/h1-8H,(H,16,20)(H2,17,18,19,21). The fourth-order valence-electron chi connectivity index (χ4n) is 2.34. The molecule has 0 fully saturated rings. The van der Waals surface area contributed by atoms with Gasteiger partial charge in [-0.2, -0.15) is 5.10 Å². The maximum absolute atomic E-state index is 12.4. The summed E-state index contributed by atoms with van der Waals surface area (Å²) >= 11 is 0. The molecular formula is C15H11N5O. The van der Waals surface area contributed by atoms with Crippen LogP contribution in [0.3, 0.4) is 0 Å². The topological polar surface area (TPSA) is 86.5 Å². The number of H-pyrrole nitrogens is 2. The lowest BCUT2D eigenvalue weighted by Gasteiger charge is -2.02. The van der Waals surface area contributed by atoms with Crippen molar-refractivity contribution in [2.24, 2.45) is 0 Å². The Labute approximate surface area is 119 Å². The lowest BCUT2D eigenvalue weighted by Crippen LogP contribution is -2.13. The Morgan fingerprint density at radius 1 is 1.10 bits per heavy atom. The monoisotopic (exact) mass is 277 g/mol. The number of aromatic amines is 2. The number of anilines is 1. The molecule has 1 amide bonds. The number of hydrogen-bond acceptors (Lipinski definition) is 3. The zero-order valence-electron chi connectivity index (χ0n) is 10.9. The summed E-state index contributed by atoms with van der Waals surface area (Å²) in [6.45, 7) is 0. The molecule has 0 radical (unpaired) electrons. The van der Waals surface area contributed by atoms with E-state index in [0.717, 1.165) is 16.4 Å². The number of hydrogen-bond donors (Lipinski definition) is 3. The first kappa shape index (κ1) is 11.7. The van der Waals surface area contributed by atoms with Crippen molar-refractivity contribution in [3.63, 3.8) is 0 Å². The van der Waals surface area contributed by atoms with Gasteiger partial charge in [-0.1, -0.05) is 24.3 Å². The molecule has 4 rings (SSSR count). The molecule has 0 saturated carbocycles. The van der Waals surface area contributed by atoms with E-state index >= 15 is 0 Å². The van der Waals surface area contributed by atoms with Crippen LogP contribution in [0.1, 0.15) is 10.4 Å². The number of rotatable bonds is 2. The molecule has 0 aliphatic rings. The summed E-state index contributed by atoms with van der Waals surface area (Å²) in [7, 11) is 0. The molecule has 0 atom stereocenters. The highest BCUT2D eigenvalue weighted by molar-refractivity contribution is 6.11. The second-order valence-electron chi connectivity index (χ2n) is 4.70. The van der Waals surface area contributed by atoms with E-state index < -0.39 is 0 Å². The van der Waals surface area contributed by atoms with Crippen LogP contribution in [0.25, 0.3) is 21.9 Å². The number of benzene rings is 2. The number of para-hydroxylation sites is 3. The van der Waals surface area contributed by atoms with Gasteiger partial charge in [0.25, 0.3) is 5.91 Å². The van der Waals surface area contributed by atoms with Gasteiger partial charge in [0.2, 0.25) is 5.95 Å². The molecule has 21 heavy (non-hydrogen) atoms. The van der Waals surface area contributed by atoms with Crippen LogP contribution in [0.15, 0.2) is 48.7 Å². The minimum Gasteiger partial charge on any atom is -0.324 e. The van der Waals surface area contributed by atoms with E-state index in [-0.39, 0.29) is 5.91 Å². The average molecular weight is 277 g/mol. The van der Waals surface area contributed by atoms with Gasteiger partial charge >= 0.3 is 0 Å². The second kappa shape index (κ2) is 4.45. The van der Waals surface area contributed by atoms with Crippen molar-refractivity contribution in [1.82, 2.24) is 20.2 Å². The number of aromatic nitrogens is 4. The zero-order valence-corrected chi connectivity index (χ0v) is 10.9. The summed E-state index contributed by atoms with van der Waals surface area (Å²) < 4.78 is 0. The van der Waals surface area contributed by atoms with Gasteiger partial charge < -0.3 is 4.98 Å². The Kier molecular flexibility index (Phi) is 2.47. The predicted octanol–water partition coefficient (Wildman–Crippen LogP) is 2.69. The van der Waals surface area contributed by atoms with Crippen LogP contribution < -0.4 is 5.32 Å². The molecule has 6 nitrogen and oxygen atoms in total. The largest absolute Gasteiger partial charge is 0.324 e. The van der Waals surface area contributed by atoms with Crippen molar-refractivity contribution in [2.75, 3.05) is 5.32 Å². The van der Waals surface area contributed by atoms with Gasteiger partial charge in [0, 0.05) is 5.39 Å². The summed E-state index contributed by atoms with van der Waals surface area (Å²) in [6, 6.07) is 13.1. The lowest BCUT2D eigenvalue weighted by molar-refractivity contribution is 0.102. The minimum atomic E-state index is -0.232. The van der Waals surface area contributed by atoms with Gasteiger partial charge in [-0.25, -0.2) is 4.98 Å². The van der Waals surface area contributed by atoms with Crippen LogP contribution in [0.2, 0.25) is 0 Å². The van der Waals surface area contributed by atoms with Crippen LogP contribution in [0.5, 0.6) is 0 Å². The molecule has 0 aliphatic heterocycles. The third-order valence-electron chi connectivity index (χ3n) is 3.34. The number of fused-ring (bicyclic) bond motifs is 2. The first-order valence-corrected chi connectivity index (χ1v) is 6.49. The molecule has 2 heterocycles. The molecule has 102 valence electrons. The van der Waals surface area contributed by atoms with E-state index in [2.05, 4.69) is 25.5 Å². The molecule has 4 aromatic rings. The van der Waals surface area contributed by atoms with Crippen molar-refractivity contribution in [1.29, 1.82) is 0 Å². The molecule has 2 aromatic heterocycles. The highest BCUT2D eigenvalue weighted by Crippen LogP contribution is 2.18. The van der Waals surface area contributed by atoms with E-state index in [4.69, 9.17) is 0 Å². The molecule has 0 unspecified atom stereocenters. The van der Waals surface area contributed by atoms with Crippen LogP contribution >= 0.6 is 0 Å². The van der Waals surface area contributed by atoms with Gasteiger partial charge in [-0.15, -0.1) is 0 Å². The van der Waals surface area contributed by atoms with Crippen molar-refractivity contribution < 1.29 is 4.79 Å². The summed E-state index contributed by atoms with van der Waals surface area (Å²) in [5, 5.41) is 10.5. The van der Waals surface area contributed by atoms with Crippen molar-refractivity contribution in [3.05, 3.63) is 54.2 Å². The Hall–Kier alpha value is -3.15. The molecule has 0 bridgehead atoms. The van der Waals surface area contributed by atoms with E-state index in [1.165, 1.54) is 0 Å². The number of carbonyl (C=O) groups excluding carboxylic acids is 1. The Morgan fingerprint density at radius 3 is 2.90 bits per heavy atom. The van der Waals surface area contributed by atoms with Crippen LogP contribution in [-0.4, -0.2) is 26.1 Å². The highest BCUT2D eigenvalue weighted by atomic mass is 16.1. The third kappa shape index (κ3) is 1.93. The average Bonchev–Trinajstić information content (AvgIpc) is 3.12. The predicted molar refractivity (Wildman–Crippen MR) is 80.1 cm³/mol. The van der Waals surface area contributed by atoms with Gasteiger partial charge in [0.05, 0.1) is 28.3 Å². The number of amides is 1. The zero-order chi connectivity index (χ0) is 14.2. The van der Waals surface area contributed by atoms with Crippen molar-refractivity contribution >= 4 is 33.8 Å². The quantitative estimate of drug-likeness (QED) is 0.526. The molecule has 0 saturated heterocycles. The molecule has 3 N–H and O–H groups in total. The van der Waals surface area contributed by atoms with E-state index in [9.17, 15) is 4.79 Å². The third-order valence-corrected chi connectivity index (χ3v) is 3.34. The Morgan fingerprint density at radius 2 is 2.00 bits per heavy atom. The number of imidazole rings is 1. The van der Waals surface area contributed by atoms with Crippen molar-refractivity contribution in [3.8, 4) is 0 Å². The fraction of sp³-hybridized carbons (Fsp3) is 0. The highest BCUT2D eigenvalue weighted by Gasteiger charge is 2.13. The van der Waals surface area contributed by atoms with Gasteiger partial charge in [-0.05, 0) is 18.2 Å². The Bertz CT molecular complexity index is 920. The normalized spacial score (nSPS) is 11.0. The van der Waals surface area contributed by atoms with Crippen LogP contribution in [0, 0.1) is 0 Å². The smallest absolute Gasteiger partial charge is 0.260 e. The van der Waals surface area contributed by atoms with E-state index in [0.29, 0.717) is 17.0 Å². The fourth-order valence-corrected chi connectivity index (χ4v) is 2.34. The molecule has 6 heteroatoms. The summed E-state index contributed by atoms with van der Waals surface area (Å²) in [6.07, 6.45) is 1.69. The Balaban J connectivity index is 1.70. The molecular weight excluding hydrogens is 266 g/mol. The second-order valence-corrected chi connectivity index (χ2v) is 4.70. The van der Waals surface area contributed by atoms with Gasteiger partial charge in [0.15, 0.2) is 0 Å². The minimum absolute atomic E-state index is 0.232. The first-order valence-electron chi connectivity index (χ1n) is 6.49. The molecule has 0 spiro atoms. The summed E-state index contributed by atoms with van der Waals surface area (Å²) in [5.74, 6) is 0.196. The van der Waals surface area contributed by atoms with E-state index in [1.54, 1.807) is 12.3 Å². The number of carbonyl (C=O) groups is 1. The lowest BCUT2D eigenvalue weighted by atomic mass is 10.1. The van der Waals surface area contributed by atoms with Crippen molar-refractivity contribution in [2.45, 2.75) is 0 Å². The van der Waals surface area contributed by atoms with Crippen LogP contribution in [0.4, 0.5) is 5.95 Å². The SMILES string of the molecule is O=C(Nc1nc2ccccc2[nH]1)c1cccc2cn[nH]c12. The number of nitrogens with zero attached hydrogens (tertiary/aromatic N) is 2. The summed E-state index contributed by atoms with van der Waals surface area (Å²) in [4.78, 5) is 19.8. The maximum Gasteiger partial charge on any atom is 0.260 e. The molecule has 0 aliphatic carbocycles. The first-order chi connectivity index (χ1) is 10.3.